The summed E-state index contributed by atoms with van der Waals surface area (Å²) >= 11 is 0. The molecule has 0 aliphatic rings. The second-order valence-electron chi connectivity index (χ2n) is 9.49. The SMILES string of the molecule is CC(C)(C)[C@@H](NCC[C@H](N)CF)c1nc(-c2cc(F)cc(F)c2F)cn1Cc1cccc(O)c1. The lowest BCUT2D eigenvalue weighted by Gasteiger charge is -2.32. The zero-order valence-electron chi connectivity index (χ0n) is 19.5. The summed E-state index contributed by atoms with van der Waals surface area (Å²) in [5, 5.41) is 13.2. The quantitative estimate of drug-likeness (QED) is 0.296. The molecule has 34 heavy (non-hydrogen) atoms. The number of nitrogens with zero attached hydrogens (tertiary/aromatic N) is 2. The number of halogens is 4. The van der Waals surface area contributed by atoms with Gasteiger partial charge in [-0.25, -0.2) is 22.5 Å². The second kappa shape index (κ2) is 10.6. The van der Waals surface area contributed by atoms with E-state index in [0.29, 0.717) is 24.9 Å². The van der Waals surface area contributed by atoms with Crippen molar-refractivity contribution in [3.05, 3.63) is 71.4 Å². The summed E-state index contributed by atoms with van der Waals surface area (Å²) in [6.07, 6.45) is 1.93. The summed E-state index contributed by atoms with van der Waals surface area (Å²) in [6, 6.07) is 7.05. The third-order valence-corrected chi connectivity index (χ3v) is 5.53. The third kappa shape index (κ3) is 6.15. The summed E-state index contributed by atoms with van der Waals surface area (Å²) in [5.74, 6) is -2.82. The van der Waals surface area contributed by atoms with Crippen molar-refractivity contribution in [2.45, 2.75) is 45.8 Å². The first-order valence-electron chi connectivity index (χ1n) is 11.0. The summed E-state index contributed by atoms with van der Waals surface area (Å²) in [4.78, 5) is 4.59. The Bertz CT molecular complexity index is 1130. The van der Waals surface area contributed by atoms with Crippen LogP contribution in [0.15, 0.2) is 42.6 Å². The maximum atomic E-state index is 14.6. The van der Waals surface area contributed by atoms with Gasteiger partial charge in [-0.2, -0.15) is 0 Å². The highest BCUT2D eigenvalue weighted by atomic mass is 19.2. The average Bonchev–Trinajstić information content (AvgIpc) is 3.15. The van der Waals surface area contributed by atoms with Crippen LogP contribution in [0.5, 0.6) is 5.75 Å². The molecule has 2 atom stereocenters. The van der Waals surface area contributed by atoms with Gasteiger partial charge in [-0.05, 0) is 42.1 Å². The monoisotopic (exact) mass is 478 g/mol. The van der Waals surface area contributed by atoms with Gasteiger partial charge in [-0.15, -0.1) is 0 Å². The van der Waals surface area contributed by atoms with E-state index in [0.717, 1.165) is 11.6 Å². The van der Waals surface area contributed by atoms with E-state index >= 15 is 0 Å². The molecule has 1 heterocycles. The van der Waals surface area contributed by atoms with Crippen LogP contribution in [0, 0.1) is 22.9 Å². The number of benzene rings is 2. The molecular formula is C25H30F4N4O. The number of imidazole rings is 1. The summed E-state index contributed by atoms with van der Waals surface area (Å²) in [6.45, 7) is 5.99. The molecule has 0 fully saturated rings. The van der Waals surface area contributed by atoms with Crippen molar-refractivity contribution in [3.8, 4) is 17.0 Å². The van der Waals surface area contributed by atoms with Crippen LogP contribution in [0.4, 0.5) is 17.6 Å². The number of nitrogens with two attached hydrogens (primary N) is 1. The zero-order valence-corrected chi connectivity index (χ0v) is 19.5. The number of hydrogen-bond donors (Lipinski definition) is 3. The lowest BCUT2D eigenvalue weighted by Crippen LogP contribution is -2.37. The second-order valence-corrected chi connectivity index (χ2v) is 9.49. The largest absolute Gasteiger partial charge is 0.508 e. The van der Waals surface area contributed by atoms with Crippen LogP contribution in [-0.4, -0.2) is 33.9 Å². The van der Waals surface area contributed by atoms with Gasteiger partial charge < -0.3 is 20.7 Å². The number of alkyl halides is 1. The van der Waals surface area contributed by atoms with Gasteiger partial charge in [-0.1, -0.05) is 32.9 Å². The molecule has 1 aromatic heterocycles. The van der Waals surface area contributed by atoms with E-state index in [4.69, 9.17) is 5.73 Å². The first kappa shape index (κ1) is 25.7. The Morgan fingerprint density at radius 2 is 1.88 bits per heavy atom. The van der Waals surface area contributed by atoms with Gasteiger partial charge in [0.1, 0.15) is 24.1 Å². The van der Waals surface area contributed by atoms with E-state index in [2.05, 4.69) is 10.3 Å². The number of rotatable bonds is 9. The molecule has 184 valence electrons. The van der Waals surface area contributed by atoms with E-state index in [-0.39, 0.29) is 35.0 Å². The molecule has 0 spiro atoms. The lowest BCUT2D eigenvalue weighted by molar-refractivity contribution is 0.252. The minimum Gasteiger partial charge on any atom is -0.508 e. The molecule has 0 radical (unpaired) electrons. The Kier molecular flexibility index (Phi) is 7.99. The summed E-state index contributed by atoms with van der Waals surface area (Å²) < 4.78 is 56.9. The molecule has 0 saturated heterocycles. The number of nitrogens with one attached hydrogen (secondary N) is 1. The third-order valence-electron chi connectivity index (χ3n) is 5.53. The van der Waals surface area contributed by atoms with Crippen LogP contribution in [0.1, 0.15) is 44.6 Å². The normalized spacial score (nSPS) is 13.8. The predicted octanol–water partition coefficient (Wildman–Crippen LogP) is 5.09. The number of aromatic nitrogens is 2. The number of phenolic OH excluding ortho intramolecular Hbond substituents is 1. The maximum Gasteiger partial charge on any atom is 0.168 e. The van der Waals surface area contributed by atoms with Gasteiger partial charge >= 0.3 is 0 Å². The van der Waals surface area contributed by atoms with Crippen molar-refractivity contribution in [2.75, 3.05) is 13.2 Å². The summed E-state index contributed by atoms with van der Waals surface area (Å²) in [5.41, 5.74) is 5.86. The highest BCUT2D eigenvalue weighted by Crippen LogP contribution is 2.35. The van der Waals surface area contributed by atoms with Crippen LogP contribution in [0.3, 0.4) is 0 Å². The van der Waals surface area contributed by atoms with E-state index < -0.39 is 30.2 Å². The molecule has 4 N–H and O–H groups in total. The highest BCUT2D eigenvalue weighted by Gasteiger charge is 2.31. The highest BCUT2D eigenvalue weighted by molar-refractivity contribution is 5.60. The van der Waals surface area contributed by atoms with Gasteiger partial charge in [0.15, 0.2) is 11.6 Å². The fourth-order valence-corrected chi connectivity index (χ4v) is 3.79. The van der Waals surface area contributed by atoms with Gasteiger partial charge in [0.25, 0.3) is 0 Å². The van der Waals surface area contributed by atoms with Gasteiger partial charge in [0, 0.05) is 30.4 Å². The first-order valence-corrected chi connectivity index (χ1v) is 11.0. The topological polar surface area (TPSA) is 76.1 Å². The van der Waals surface area contributed by atoms with Crippen molar-refractivity contribution in [1.29, 1.82) is 0 Å². The van der Waals surface area contributed by atoms with Gasteiger partial charge in [-0.3, -0.25) is 0 Å². The average molecular weight is 479 g/mol. The van der Waals surface area contributed by atoms with E-state index in [1.165, 1.54) is 6.20 Å². The fraction of sp³-hybridized carbons (Fsp3) is 0.400. The Balaban J connectivity index is 2.08. The number of phenols is 1. The van der Waals surface area contributed by atoms with E-state index in [9.17, 15) is 22.7 Å². The van der Waals surface area contributed by atoms with Crippen molar-refractivity contribution in [3.63, 3.8) is 0 Å². The molecule has 3 aromatic rings. The van der Waals surface area contributed by atoms with Crippen molar-refractivity contribution >= 4 is 0 Å². The number of aromatic hydroxyl groups is 1. The molecule has 0 amide bonds. The molecule has 3 rings (SSSR count). The Morgan fingerprint density at radius 1 is 1.15 bits per heavy atom. The molecule has 0 aliphatic carbocycles. The molecular weight excluding hydrogens is 448 g/mol. The molecule has 0 saturated carbocycles. The Hall–Kier alpha value is -2.91. The van der Waals surface area contributed by atoms with Gasteiger partial charge in [0.05, 0.1) is 11.7 Å². The van der Waals surface area contributed by atoms with Gasteiger partial charge in [0.2, 0.25) is 0 Å². The minimum absolute atomic E-state index is 0.0718. The fourth-order valence-electron chi connectivity index (χ4n) is 3.79. The standard InChI is InChI=1S/C25H30F4N4O/c1-25(2,3)23(31-8-7-17(30)12-26)24-32-21(19-10-16(27)11-20(28)22(19)29)14-33(24)13-15-5-4-6-18(34)9-15/h4-6,9-11,14,17,23,31,34H,7-8,12-13,30H2,1-3H3/t17-,23-/m0/s1. The lowest BCUT2D eigenvalue weighted by atomic mass is 9.86. The minimum atomic E-state index is -1.30. The van der Waals surface area contributed by atoms with Crippen LogP contribution in [-0.2, 0) is 6.54 Å². The van der Waals surface area contributed by atoms with Crippen LogP contribution >= 0.6 is 0 Å². The van der Waals surface area contributed by atoms with E-state index in [1.54, 1.807) is 22.8 Å². The van der Waals surface area contributed by atoms with Crippen molar-refractivity contribution < 1.29 is 22.7 Å². The zero-order chi connectivity index (χ0) is 25.0. The Morgan fingerprint density at radius 3 is 2.53 bits per heavy atom. The first-order chi connectivity index (χ1) is 16.0. The molecule has 9 heteroatoms. The van der Waals surface area contributed by atoms with Crippen molar-refractivity contribution in [2.24, 2.45) is 11.1 Å². The smallest absolute Gasteiger partial charge is 0.168 e. The number of hydrogen-bond acceptors (Lipinski definition) is 4. The summed E-state index contributed by atoms with van der Waals surface area (Å²) in [7, 11) is 0. The Labute approximate surface area is 196 Å². The maximum absolute atomic E-state index is 14.6. The molecule has 5 nitrogen and oxygen atoms in total. The van der Waals surface area contributed by atoms with E-state index in [1.807, 2.05) is 26.8 Å². The predicted molar refractivity (Wildman–Crippen MR) is 124 cm³/mol. The van der Waals surface area contributed by atoms with Crippen molar-refractivity contribution in [1.82, 2.24) is 14.9 Å². The molecule has 2 aromatic carbocycles. The molecule has 0 unspecified atom stereocenters. The van der Waals surface area contributed by atoms with Crippen LogP contribution < -0.4 is 11.1 Å². The molecule has 0 bridgehead atoms. The van der Waals surface area contributed by atoms with Crippen LogP contribution in [0.2, 0.25) is 0 Å². The molecule has 0 aliphatic heterocycles. The van der Waals surface area contributed by atoms with Crippen LogP contribution in [0.25, 0.3) is 11.3 Å².